The van der Waals surface area contributed by atoms with E-state index in [1.165, 1.54) is 14.1 Å². The number of carbonyl (C=O) groups is 1. The smallest absolute Gasteiger partial charge is 0.431 e. The van der Waals surface area contributed by atoms with Crippen molar-refractivity contribution in [2.75, 3.05) is 72.4 Å². The zero-order valence-electron chi connectivity index (χ0n) is 25.7. The van der Waals surface area contributed by atoms with Gasteiger partial charge in [-0.2, -0.15) is 52.7 Å². The standard InChI is InChI=1S/C12H19F7N2O4S.C10H17F7N2O2S/c1-21(2,8-9(22)23)6-3-5-20-26(24,25)7-4-10(13,11(14,15)16)12(17,18)19;1-19(2)6-3-5-18-22(20,21)7-4-8(11,9(12,13)14)10(15,16)17/h20H,3-8H2,1-2H3;18H,3-7H2,1-2H3. The lowest BCUT2D eigenvalue weighted by Crippen LogP contribution is -2.54. The molecule has 0 spiro atoms. The monoisotopic (exact) mass is 782 g/mol. The predicted molar refractivity (Wildman–Crippen MR) is 139 cm³/mol. The van der Waals surface area contributed by atoms with Crippen LogP contribution in [0.3, 0.4) is 0 Å². The molecule has 0 saturated heterocycles. The number of nitrogens with zero attached hydrogens (tertiary/aromatic N) is 2. The van der Waals surface area contributed by atoms with Gasteiger partial charge < -0.3 is 19.3 Å². The van der Waals surface area contributed by atoms with Crippen molar-refractivity contribution in [2.45, 2.75) is 61.7 Å². The molecule has 0 rings (SSSR count). The van der Waals surface area contributed by atoms with Crippen LogP contribution < -0.4 is 14.6 Å². The van der Waals surface area contributed by atoms with Crippen LogP contribution in [0.4, 0.5) is 61.5 Å². The molecule has 0 aliphatic rings. The summed E-state index contributed by atoms with van der Waals surface area (Å²) in [4.78, 5) is 12.2. The Morgan fingerprint density at radius 3 is 1.23 bits per heavy atom. The highest BCUT2D eigenvalue weighted by Crippen LogP contribution is 2.49. The summed E-state index contributed by atoms with van der Waals surface area (Å²) >= 11 is 0. The van der Waals surface area contributed by atoms with Gasteiger partial charge in [-0.25, -0.2) is 35.1 Å². The molecule has 48 heavy (non-hydrogen) atoms. The average molecular weight is 783 g/mol. The third kappa shape index (κ3) is 16.8. The van der Waals surface area contributed by atoms with Crippen LogP contribution in [0.5, 0.6) is 0 Å². The molecule has 26 heteroatoms. The number of likely N-dealkylation sites (N-methyl/N-ethyl adjacent to an activating group) is 1. The van der Waals surface area contributed by atoms with Crippen LogP contribution in [0.1, 0.15) is 25.7 Å². The highest BCUT2D eigenvalue weighted by molar-refractivity contribution is 7.89. The van der Waals surface area contributed by atoms with E-state index in [4.69, 9.17) is 0 Å². The fourth-order valence-corrected chi connectivity index (χ4v) is 5.67. The fraction of sp³-hybridized carbons (Fsp3) is 0.955. The van der Waals surface area contributed by atoms with Crippen LogP contribution in [0, 0.1) is 0 Å². The van der Waals surface area contributed by atoms with E-state index in [1.807, 2.05) is 4.72 Å². The first-order valence-corrected chi connectivity index (χ1v) is 16.5. The number of quaternary nitrogens is 1. The maximum atomic E-state index is 13.4. The summed E-state index contributed by atoms with van der Waals surface area (Å²) in [6.07, 6.45) is -29.4. The van der Waals surface area contributed by atoms with Crippen molar-refractivity contribution >= 4 is 26.0 Å². The van der Waals surface area contributed by atoms with Gasteiger partial charge in [0.05, 0.1) is 38.1 Å². The van der Waals surface area contributed by atoms with Crippen LogP contribution in [-0.2, 0) is 24.8 Å². The van der Waals surface area contributed by atoms with Crippen molar-refractivity contribution in [3.63, 3.8) is 0 Å². The van der Waals surface area contributed by atoms with Crippen molar-refractivity contribution in [1.82, 2.24) is 14.3 Å². The summed E-state index contributed by atoms with van der Waals surface area (Å²) in [5.74, 6) is -4.70. The first-order valence-electron chi connectivity index (χ1n) is 13.2. The van der Waals surface area contributed by atoms with Crippen LogP contribution >= 0.6 is 0 Å². The molecule has 0 aromatic rings. The Labute approximate surface area is 267 Å². The van der Waals surface area contributed by atoms with E-state index in [0.717, 1.165) is 0 Å². The van der Waals surface area contributed by atoms with Gasteiger partial charge in [-0.05, 0) is 27.1 Å². The van der Waals surface area contributed by atoms with E-state index in [0.29, 0.717) is 13.0 Å². The quantitative estimate of drug-likeness (QED) is 0.124. The normalized spacial score (nSPS) is 14.6. The molecule has 0 aliphatic carbocycles. The Morgan fingerprint density at radius 2 is 0.958 bits per heavy atom. The number of carboxylic acids is 1. The molecule has 0 saturated carbocycles. The average Bonchev–Trinajstić information content (AvgIpc) is 2.83. The van der Waals surface area contributed by atoms with E-state index < -0.39 is 86.4 Å². The maximum absolute atomic E-state index is 13.4. The number of alkyl halides is 14. The Hall–Kier alpha value is -1.77. The summed E-state index contributed by atoms with van der Waals surface area (Å²) < 4.78 is 224. The van der Waals surface area contributed by atoms with Gasteiger partial charge in [0.1, 0.15) is 6.54 Å². The largest absolute Gasteiger partial charge is 0.544 e. The zero-order chi connectivity index (χ0) is 38.8. The van der Waals surface area contributed by atoms with Gasteiger partial charge in [0, 0.05) is 32.4 Å². The van der Waals surface area contributed by atoms with Crippen molar-refractivity contribution in [3.8, 4) is 0 Å². The van der Waals surface area contributed by atoms with Crippen molar-refractivity contribution in [1.29, 1.82) is 0 Å². The highest BCUT2D eigenvalue weighted by Gasteiger charge is 2.73. The Balaban J connectivity index is 0. The summed E-state index contributed by atoms with van der Waals surface area (Å²) in [5.41, 5.74) is -11.2. The van der Waals surface area contributed by atoms with Crippen molar-refractivity contribution in [2.24, 2.45) is 0 Å². The molecule has 0 aliphatic heterocycles. The molecular weight excluding hydrogens is 746 g/mol. The molecule has 0 aromatic carbocycles. The minimum absolute atomic E-state index is 0.0405. The molecule has 0 bridgehead atoms. The molecule has 0 atom stereocenters. The summed E-state index contributed by atoms with van der Waals surface area (Å²) in [5, 5.41) is 10.5. The third-order valence-corrected chi connectivity index (χ3v) is 8.92. The van der Waals surface area contributed by atoms with Crippen molar-refractivity contribution < 1.29 is 92.7 Å². The molecule has 0 unspecified atom stereocenters. The number of nitrogens with one attached hydrogen (secondary N) is 2. The second-order valence-corrected chi connectivity index (χ2v) is 15.1. The highest BCUT2D eigenvalue weighted by atomic mass is 32.2. The van der Waals surface area contributed by atoms with Crippen LogP contribution in [0.25, 0.3) is 0 Å². The topological polar surface area (TPSA) is 136 Å². The maximum Gasteiger partial charge on any atom is 0.431 e. The van der Waals surface area contributed by atoms with Gasteiger partial charge in [0.2, 0.25) is 20.0 Å². The fourth-order valence-electron chi connectivity index (χ4n) is 3.37. The summed E-state index contributed by atoms with van der Waals surface area (Å²) in [6.45, 7) is -0.324. The summed E-state index contributed by atoms with van der Waals surface area (Å²) in [7, 11) is -2.67. The van der Waals surface area contributed by atoms with E-state index >= 15 is 0 Å². The second kappa shape index (κ2) is 17.4. The number of carboxylic acid groups (broad SMARTS) is 1. The van der Waals surface area contributed by atoms with Gasteiger partial charge in [-0.3, -0.25) is 0 Å². The van der Waals surface area contributed by atoms with E-state index in [-0.39, 0.29) is 37.1 Å². The van der Waals surface area contributed by atoms with Crippen molar-refractivity contribution in [3.05, 3.63) is 0 Å². The number of sulfonamides is 2. The van der Waals surface area contributed by atoms with Crippen LogP contribution in [-0.4, -0.2) is 141 Å². The van der Waals surface area contributed by atoms with Crippen LogP contribution in [0.15, 0.2) is 0 Å². The minimum atomic E-state index is -6.31. The lowest BCUT2D eigenvalue weighted by atomic mass is 10.0. The van der Waals surface area contributed by atoms with Gasteiger partial charge in [0.15, 0.2) is 0 Å². The molecule has 290 valence electrons. The van der Waals surface area contributed by atoms with E-state index in [9.17, 15) is 88.2 Å². The number of carbonyl (C=O) groups excluding carboxylic acids is 1. The lowest BCUT2D eigenvalue weighted by Gasteiger charge is -2.30. The lowest BCUT2D eigenvalue weighted by molar-refractivity contribution is -0.884. The molecule has 0 fully saturated rings. The first kappa shape index (κ1) is 48.3. The first-order chi connectivity index (χ1) is 21.0. The van der Waals surface area contributed by atoms with E-state index in [2.05, 4.69) is 0 Å². The van der Waals surface area contributed by atoms with Gasteiger partial charge in [-0.1, -0.05) is 0 Å². The molecule has 0 heterocycles. The van der Waals surface area contributed by atoms with E-state index in [1.54, 1.807) is 23.7 Å². The minimum Gasteiger partial charge on any atom is -0.544 e. The SMILES string of the molecule is CN(C)CCCNS(=O)(=O)CCC(F)(C(F)(F)F)C(F)(F)F.C[N+](C)(CCCNS(=O)(=O)CCC(F)(C(F)(F)F)C(F)(F)F)CC(=O)[O-]. The third-order valence-electron chi connectivity index (χ3n) is 6.15. The van der Waals surface area contributed by atoms with Gasteiger partial charge in [-0.15, -0.1) is 0 Å². The Morgan fingerprint density at radius 1 is 0.646 bits per heavy atom. The number of hydrogen-bond acceptors (Lipinski definition) is 7. The number of halogens is 14. The van der Waals surface area contributed by atoms with Gasteiger partial charge >= 0.3 is 24.7 Å². The number of hydrogen-bond donors (Lipinski definition) is 2. The Kier molecular flexibility index (Phi) is 17.6. The second-order valence-electron chi connectivity index (χ2n) is 11.2. The summed E-state index contributed by atoms with van der Waals surface area (Å²) in [6, 6.07) is 0. The number of aliphatic carboxylic acids is 1. The molecule has 10 nitrogen and oxygen atoms in total. The molecule has 0 amide bonds. The molecule has 0 aromatic heterocycles. The zero-order valence-corrected chi connectivity index (χ0v) is 27.4. The Bertz CT molecular complexity index is 1190. The molecule has 2 N–H and O–H groups in total. The van der Waals surface area contributed by atoms with Crippen LogP contribution in [0.2, 0.25) is 0 Å². The molecule has 0 radical (unpaired) electrons. The van der Waals surface area contributed by atoms with Gasteiger partial charge in [0.25, 0.3) is 11.3 Å². The number of rotatable bonds is 18. The molecular formula is C22H36F14N4O6S2. The predicted octanol–water partition coefficient (Wildman–Crippen LogP) is 2.43.